The van der Waals surface area contributed by atoms with E-state index in [1.807, 2.05) is 37.3 Å². The SMILES string of the molecule is CC(=O)Nc1ccc(F)c(C(=O)N(Cc2ccccc2O)[C@H](C)c2ccccc2)c1. The highest BCUT2D eigenvalue weighted by Gasteiger charge is 2.26. The lowest BCUT2D eigenvalue weighted by molar-refractivity contribution is -0.114. The molecule has 0 aliphatic heterocycles. The van der Waals surface area contributed by atoms with Gasteiger partial charge in [0.1, 0.15) is 11.6 Å². The zero-order valence-corrected chi connectivity index (χ0v) is 16.8. The van der Waals surface area contributed by atoms with Crippen LogP contribution in [0.25, 0.3) is 0 Å². The number of hydrogen-bond donors (Lipinski definition) is 2. The largest absolute Gasteiger partial charge is 0.508 e. The molecule has 30 heavy (non-hydrogen) atoms. The first-order valence-electron chi connectivity index (χ1n) is 9.56. The molecule has 0 unspecified atom stereocenters. The molecule has 0 aromatic heterocycles. The van der Waals surface area contributed by atoms with Crippen LogP contribution in [0.15, 0.2) is 72.8 Å². The number of aromatic hydroxyl groups is 1. The minimum atomic E-state index is -0.684. The van der Waals surface area contributed by atoms with Crippen molar-refractivity contribution in [1.82, 2.24) is 4.90 Å². The standard InChI is InChI=1S/C24H23FN2O3/c1-16(18-8-4-3-5-9-18)27(15-19-10-6-7-11-23(19)29)24(30)21-14-20(26-17(2)28)12-13-22(21)25/h3-14,16,29H,15H2,1-2H3,(H,26,28)/t16-/m1/s1. The highest BCUT2D eigenvalue weighted by atomic mass is 19.1. The summed E-state index contributed by atoms with van der Waals surface area (Å²) in [4.78, 5) is 26.3. The normalized spacial score (nSPS) is 11.6. The molecular formula is C24H23FN2O3. The number of benzene rings is 3. The average molecular weight is 406 g/mol. The molecule has 2 amide bonds. The van der Waals surface area contributed by atoms with Gasteiger partial charge in [0.05, 0.1) is 18.2 Å². The van der Waals surface area contributed by atoms with E-state index in [1.54, 1.807) is 24.3 Å². The third-order valence-electron chi connectivity index (χ3n) is 4.86. The van der Waals surface area contributed by atoms with Crippen molar-refractivity contribution in [2.24, 2.45) is 0 Å². The van der Waals surface area contributed by atoms with Gasteiger partial charge in [0.15, 0.2) is 0 Å². The van der Waals surface area contributed by atoms with Crippen LogP contribution in [0.5, 0.6) is 5.75 Å². The van der Waals surface area contributed by atoms with Gasteiger partial charge < -0.3 is 15.3 Å². The summed E-state index contributed by atoms with van der Waals surface area (Å²) in [6.07, 6.45) is 0. The quantitative estimate of drug-likeness (QED) is 0.612. The van der Waals surface area contributed by atoms with E-state index in [2.05, 4.69) is 5.32 Å². The molecule has 0 saturated carbocycles. The highest BCUT2D eigenvalue weighted by Crippen LogP contribution is 2.28. The van der Waals surface area contributed by atoms with Crippen molar-refractivity contribution >= 4 is 17.5 Å². The molecule has 0 saturated heterocycles. The predicted octanol–water partition coefficient (Wildman–Crippen LogP) is 4.89. The number of halogens is 1. The van der Waals surface area contributed by atoms with Crippen molar-refractivity contribution < 1.29 is 19.1 Å². The van der Waals surface area contributed by atoms with Crippen LogP contribution in [-0.2, 0) is 11.3 Å². The number of nitrogens with zero attached hydrogens (tertiary/aromatic N) is 1. The molecule has 0 aliphatic rings. The number of phenolic OH excluding ortho intramolecular Hbond substituents is 1. The van der Waals surface area contributed by atoms with Crippen molar-refractivity contribution in [3.63, 3.8) is 0 Å². The summed E-state index contributed by atoms with van der Waals surface area (Å²) in [5, 5.41) is 12.8. The zero-order valence-electron chi connectivity index (χ0n) is 16.8. The third kappa shape index (κ3) is 4.84. The Morgan fingerprint density at radius 2 is 1.70 bits per heavy atom. The van der Waals surface area contributed by atoms with Crippen LogP contribution < -0.4 is 5.32 Å². The maximum absolute atomic E-state index is 14.6. The van der Waals surface area contributed by atoms with Crippen molar-refractivity contribution in [3.8, 4) is 5.75 Å². The topological polar surface area (TPSA) is 69.6 Å². The molecule has 0 aliphatic carbocycles. The Morgan fingerprint density at radius 1 is 1.03 bits per heavy atom. The molecule has 5 nitrogen and oxygen atoms in total. The Morgan fingerprint density at radius 3 is 2.37 bits per heavy atom. The fourth-order valence-electron chi connectivity index (χ4n) is 3.25. The third-order valence-corrected chi connectivity index (χ3v) is 4.86. The molecule has 6 heteroatoms. The fraction of sp³-hybridized carbons (Fsp3) is 0.167. The van der Waals surface area contributed by atoms with Crippen LogP contribution in [-0.4, -0.2) is 21.8 Å². The first-order valence-corrected chi connectivity index (χ1v) is 9.56. The Kier molecular flexibility index (Phi) is 6.47. The van der Waals surface area contributed by atoms with Gasteiger partial charge in [-0.15, -0.1) is 0 Å². The van der Waals surface area contributed by atoms with Crippen LogP contribution in [0, 0.1) is 5.82 Å². The van der Waals surface area contributed by atoms with E-state index >= 15 is 0 Å². The van der Waals surface area contributed by atoms with Gasteiger partial charge >= 0.3 is 0 Å². The summed E-state index contributed by atoms with van der Waals surface area (Å²) in [6.45, 7) is 3.28. The monoisotopic (exact) mass is 406 g/mol. The van der Waals surface area contributed by atoms with Gasteiger partial charge in [-0.25, -0.2) is 4.39 Å². The Hall–Kier alpha value is -3.67. The van der Waals surface area contributed by atoms with Gasteiger partial charge in [-0.3, -0.25) is 9.59 Å². The van der Waals surface area contributed by atoms with Crippen LogP contribution in [0.3, 0.4) is 0 Å². The lowest BCUT2D eigenvalue weighted by atomic mass is 10.0. The van der Waals surface area contributed by atoms with E-state index in [9.17, 15) is 19.1 Å². The number of anilines is 1. The van der Waals surface area contributed by atoms with Crippen LogP contribution in [0.1, 0.15) is 41.4 Å². The minimum Gasteiger partial charge on any atom is -0.508 e. The molecule has 0 fully saturated rings. The van der Waals surface area contributed by atoms with Crippen molar-refractivity contribution in [2.45, 2.75) is 26.4 Å². The van der Waals surface area contributed by atoms with Gasteiger partial charge in [-0.1, -0.05) is 48.5 Å². The van der Waals surface area contributed by atoms with Crippen LogP contribution in [0.2, 0.25) is 0 Å². The van der Waals surface area contributed by atoms with E-state index in [0.717, 1.165) is 11.6 Å². The molecule has 3 aromatic rings. The van der Waals surface area contributed by atoms with Gasteiger partial charge in [-0.2, -0.15) is 0 Å². The second kappa shape index (κ2) is 9.22. The Balaban J connectivity index is 2.02. The summed E-state index contributed by atoms with van der Waals surface area (Å²) in [6, 6.07) is 19.6. The molecule has 0 radical (unpaired) electrons. The first-order chi connectivity index (χ1) is 14.4. The van der Waals surface area contributed by atoms with Gasteiger partial charge in [0.25, 0.3) is 5.91 Å². The van der Waals surface area contributed by atoms with Crippen molar-refractivity contribution in [2.75, 3.05) is 5.32 Å². The molecule has 0 heterocycles. The van der Waals surface area contributed by atoms with Crippen LogP contribution >= 0.6 is 0 Å². The number of rotatable bonds is 6. The molecule has 0 spiro atoms. The van der Waals surface area contributed by atoms with Crippen molar-refractivity contribution in [3.05, 3.63) is 95.3 Å². The minimum absolute atomic E-state index is 0.0584. The number of nitrogens with one attached hydrogen (secondary N) is 1. The van der Waals surface area contributed by atoms with Crippen molar-refractivity contribution in [1.29, 1.82) is 0 Å². The number of phenols is 1. The summed E-state index contributed by atoms with van der Waals surface area (Å²) in [7, 11) is 0. The fourth-order valence-corrected chi connectivity index (χ4v) is 3.25. The van der Waals surface area contributed by atoms with E-state index in [0.29, 0.717) is 11.3 Å². The summed E-state index contributed by atoms with van der Waals surface area (Å²) < 4.78 is 14.6. The first kappa shape index (κ1) is 21.0. The number of carbonyl (C=O) groups is 2. The second-order valence-electron chi connectivity index (χ2n) is 7.02. The molecule has 0 bridgehead atoms. The van der Waals surface area contributed by atoms with E-state index in [-0.39, 0.29) is 29.8 Å². The average Bonchev–Trinajstić information content (AvgIpc) is 2.74. The number of para-hydroxylation sites is 1. The smallest absolute Gasteiger partial charge is 0.257 e. The maximum atomic E-state index is 14.6. The zero-order chi connectivity index (χ0) is 21.7. The summed E-state index contributed by atoms with van der Waals surface area (Å²) >= 11 is 0. The highest BCUT2D eigenvalue weighted by molar-refractivity contribution is 5.97. The number of carbonyl (C=O) groups excluding carboxylic acids is 2. The summed E-state index contributed by atoms with van der Waals surface area (Å²) in [5.74, 6) is -1.48. The molecule has 3 rings (SSSR count). The Labute approximate surface area is 174 Å². The predicted molar refractivity (Wildman–Crippen MR) is 114 cm³/mol. The molecule has 2 N–H and O–H groups in total. The van der Waals surface area contributed by atoms with Gasteiger partial charge in [-0.05, 0) is 36.8 Å². The molecule has 154 valence electrons. The van der Waals surface area contributed by atoms with Gasteiger partial charge in [0.2, 0.25) is 5.91 Å². The lowest BCUT2D eigenvalue weighted by Gasteiger charge is -2.30. The Bertz CT molecular complexity index is 1050. The number of amides is 2. The number of hydrogen-bond acceptors (Lipinski definition) is 3. The second-order valence-corrected chi connectivity index (χ2v) is 7.02. The lowest BCUT2D eigenvalue weighted by Crippen LogP contribution is -2.34. The van der Waals surface area contributed by atoms with E-state index in [4.69, 9.17) is 0 Å². The van der Waals surface area contributed by atoms with E-state index in [1.165, 1.54) is 24.0 Å². The maximum Gasteiger partial charge on any atom is 0.257 e. The van der Waals surface area contributed by atoms with E-state index < -0.39 is 11.7 Å². The molecule has 3 aromatic carbocycles. The molecular weight excluding hydrogens is 383 g/mol. The van der Waals surface area contributed by atoms with Gasteiger partial charge in [0, 0.05) is 18.2 Å². The summed E-state index contributed by atoms with van der Waals surface area (Å²) in [5.41, 5.74) is 1.60. The molecule has 1 atom stereocenters. The van der Waals surface area contributed by atoms with Crippen LogP contribution in [0.4, 0.5) is 10.1 Å².